The third-order valence-corrected chi connectivity index (χ3v) is 7.19. The van der Waals surface area contributed by atoms with Crippen molar-refractivity contribution in [1.29, 1.82) is 0 Å². The van der Waals surface area contributed by atoms with Gasteiger partial charge in [0.25, 0.3) is 0 Å². The summed E-state index contributed by atoms with van der Waals surface area (Å²) < 4.78 is 1.95. The molecule has 5 rings (SSSR count). The molecule has 2 aliphatic heterocycles. The van der Waals surface area contributed by atoms with Crippen molar-refractivity contribution in [3.63, 3.8) is 0 Å². The van der Waals surface area contributed by atoms with Crippen molar-refractivity contribution in [3.8, 4) is 5.82 Å². The quantitative estimate of drug-likeness (QED) is 0.555. The molecule has 0 unspecified atom stereocenters. The Hall–Kier alpha value is -2.75. The molecular formula is C25H35ClN8O. The minimum Gasteiger partial charge on any atom is -0.396 e. The van der Waals surface area contributed by atoms with Crippen LogP contribution in [0.25, 0.3) is 5.82 Å². The molecule has 0 aromatic carbocycles. The van der Waals surface area contributed by atoms with Crippen LogP contribution in [0.2, 0.25) is 0 Å². The zero-order valence-electron chi connectivity index (χ0n) is 20.5. The molecule has 2 fully saturated rings. The van der Waals surface area contributed by atoms with Gasteiger partial charge in [-0.2, -0.15) is 5.10 Å². The molecule has 2 saturated heterocycles. The summed E-state index contributed by atoms with van der Waals surface area (Å²) >= 11 is 0. The number of rotatable bonds is 6. The first-order valence-corrected chi connectivity index (χ1v) is 12.2. The second-order valence-corrected chi connectivity index (χ2v) is 9.33. The first kappa shape index (κ1) is 25.3. The number of pyridine rings is 1. The summed E-state index contributed by atoms with van der Waals surface area (Å²) in [4.78, 5) is 21.1. The van der Waals surface area contributed by atoms with E-state index in [2.05, 4.69) is 33.5 Å². The van der Waals surface area contributed by atoms with Crippen LogP contribution in [0.3, 0.4) is 0 Å². The zero-order chi connectivity index (χ0) is 23.5. The Morgan fingerprint density at radius 1 is 0.857 bits per heavy atom. The number of aromatic nitrogens is 5. The minimum atomic E-state index is 0. The van der Waals surface area contributed by atoms with Gasteiger partial charge in [-0.1, -0.05) is 6.07 Å². The highest BCUT2D eigenvalue weighted by molar-refractivity contribution is 5.85. The second kappa shape index (κ2) is 11.3. The van der Waals surface area contributed by atoms with Crippen molar-refractivity contribution in [1.82, 2.24) is 29.6 Å². The molecule has 10 heteroatoms. The van der Waals surface area contributed by atoms with E-state index in [0.29, 0.717) is 5.92 Å². The number of hydrogen-bond donors (Lipinski definition) is 1. The predicted molar refractivity (Wildman–Crippen MR) is 140 cm³/mol. The Balaban J connectivity index is 0.00000289. The number of hydrogen-bond acceptors (Lipinski definition) is 8. The van der Waals surface area contributed by atoms with Gasteiger partial charge in [0, 0.05) is 82.3 Å². The number of aliphatic hydroxyl groups is 1. The van der Waals surface area contributed by atoms with Gasteiger partial charge in [0.2, 0.25) is 0 Å². The Bertz CT molecular complexity index is 1090. The van der Waals surface area contributed by atoms with Crippen LogP contribution >= 0.6 is 12.4 Å². The maximum atomic E-state index is 9.46. The first-order valence-electron chi connectivity index (χ1n) is 12.2. The zero-order valence-corrected chi connectivity index (χ0v) is 21.4. The van der Waals surface area contributed by atoms with Gasteiger partial charge in [0.15, 0.2) is 17.5 Å². The van der Waals surface area contributed by atoms with Crippen LogP contribution in [0.1, 0.15) is 29.8 Å². The van der Waals surface area contributed by atoms with Gasteiger partial charge in [-0.05, 0) is 44.7 Å². The number of piperazine rings is 1. The normalized spacial score (nSPS) is 17.5. The van der Waals surface area contributed by atoms with Crippen LogP contribution in [-0.2, 0) is 6.54 Å². The van der Waals surface area contributed by atoms with Gasteiger partial charge in [0.1, 0.15) is 0 Å². The van der Waals surface area contributed by atoms with Crippen LogP contribution in [-0.4, -0.2) is 80.6 Å². The van der Waals surface area contributed by atoms with Crippen molar-refractivity contribution in [2.45, 2.75) is 33.2 Å². The van der Waals surface area contributed by atoms with Crippen molar-refractivity contribution in [2.24, 2.45) is 5.92 Å². The summed E-state index contributed by atoms with van der Waals surface area (Å²) in [7, 11) is 0. The highest BCUT2D eigenvalue weighted by Gasteiger charge is 2.27. The number of aryl methyl sites for hydroxylation is 1. The fraction of sp³-hybridized carbons (Fsp3) is 0.520. The molecule has 35 heavy (non-hydrogen) atoms. The monoisotopic (exact) mass is 498 g/mol. The van der Waals surface area contributed by atoms with E-state index in [-0.39, 0.29) is 19.0 Å². The SMILES string of the molecule is Cc1nn(-c2ccccn2)c(C)c1CN1CCN(c2nccnc2N2CCC(CO)CC2)CC1.Cl. The maximum Gasteiger partial charge on any atom is 0.172 e. The van der Waals surface area contributed by atoms with Crippen LogP contribution in [0, 0.1) is 19.8 Å². The average molecular weight is 499 g/mol. The smallest absolute Gasteiger partial charge is 0.172 e. The van der Waals surface area contributed by atoms with Crippen LogP contribution in [0.4, 0.5) is 11.6 Å². The van der Waals surface area contributed by atoms with E-state index in [1.54, 1.807) is 18.6 Å². The minimum absolute atomic E-state index is 0. The maximum absolute atomic E-state index is 9.46. The average Bonchev–Trinajstić information content (AvgIpc) is 3.18. The fourth-order valence-corrected chi connectivity index (χ4v) is 5.04. The largest absolute Gasteiger partial charge is 0.396 e. The van der Waals surface area contributed by atoms with Gasteiger partial charge in [0.05, 0.1) is 5.69 Å². The summed E-state index contributed by atoms with van der Waals surface area (Å²) in [5.74, 6) is 3.24. The van der Waals surface area contributed by atoms with Crippen LogP contribution in [0.5, 0.6) is 0 Å². The molecule has 0 atom stereocenters. The Labute approximate surface area is 213 Å². The molecule has 9 nitrogen and oxygen atoms in total. The molecule has 5 heterocycles. The molecule has 3 aromatic rings. The third kappa shape index (κ3) is 5.42. The molecule has 0 amide bonds. The number of piperidine rings is 1. The molecule has 0 aliphatic carbocycles. The molecular weight excluding hydrogens is 464 g/mol. The fourth-order valence-electron chi connectivity index (χ4n) is 5.04. The van der Waals surface area contributed by atoms with Gasteiger partial charge >= 0.3 is 0 Å². The lowest BCUT2D eigenvalue weighted by Gasteiger charge is -2.38. The summed E-state index contributed by atoms with van der Waals surface area (Å²) in [5, 5.41) is 14.2. The molecule has 1 N–H and O–H groups in total. The number of anilines is 2. The Morgan fingerprint density at radius 3 is 2.11 bits per heavy atom. The lowest BCUT2D eigenvalue weighted by Crippen LogP contribution is -2.47. The molecule has 3 aromatic heterocycles. The molecule has 188 valence electrons. The number of halogens is 1. The molecule has 2 aliphatic rings. The second-order valence-electron chi connectivity index (χ2n) is 9.33. The molecule has 0 bridgehead atoms. The number of nitrogens with zero attached hydrogens (tertiary/aromatic N) is 8. The van der Waals surface area contributed by atoms with E-state index in [0.717, 1.165) is 87.5 Å². The summed E-state index contributed by atoms with van der Waals surface area (Å²) in [5.41, 5.74) is 3.50. The Morgan fingerprint density at radius 2 is 1.51 bits per heavy atom. The summed E-state index contributed by atoms with van der Waals surface area (Å²) in [6.07, 6.45) is 7.40. The third-order valence-electron chi connectivity index (χ3n) is 7.19. The van der Waals surface area contributed by atoms with Crippen molar-refractivity contribution < 1.29 is 5.11 Å². The van der Waals surface area contributed by atoms with Crippen LogP contribution in [0.15, 0.2) is 36.8 Å². The topological polar surface area (TPSA) is 86.4 Å². The van der Waals surface area contributed by atoms with Gasteiger partial charge in [-0.15, -0.1) is 12.4 Å². The number of aliphatic hydroxyl groups excluding tert-OH is 1. The van der Waals surface area contributed by atoms with Gasteiger partial charge in [-0.3, -0.25) is 4.90 Å². The Kier molecular flexibility index (Phi) is 8.20. The lowest BCUT2D eigenvalue weighted by atomic mass is 9.98. The van der Waals surface area contributed by atoms with Crippen molar-refractivity contribution in [2.75, 3.05) is 55.7 Å². The lowest BCUT2D eigenvalue weighted by molar-refractivity contribution is 0.202. The van der Waals surface area contributed by atoms with E-state index in [9.17, 15) is 5.11 Å². The molecule has 0 saturated carbocycles. The van der Waals surface area contributed by atoms with Crippen LogP contribution < -0.4 is 9.80 Å². The van der Waals surface area contributed by atoms with Crippen molar-refractivity contribution >= 4 is 24.0 Å². The van der Waals surface area contributed by atoms with E-state index in [1.165, 1.54) is 5.56 Å². The van der Waals surface area contributed by atoms with Gasteiger partial charge in [-0.25, -0.2) is 19.6 Å². The molecule has 0 radical (unpaired) electrons. The summed E-state index contributed by atoms with van der Waals surface area (Å²) in [6.45, 7) is 11.0. The predicted octanol–water partition coefficient (Wildman–Crippen LogP) is 2.63. The van der Waals surface area contributed by atoms with Crippen molar-refractivity contribution in [3.05, 3.63) is 53.7 Å². The molecule has 0 spiro atoms. The highest BCUT2D eigenvalue weighted by atomic mass is 35.5. The van der Waals surface area contributed by atoms with E-state index < -0.39 is 0 Å². The van der Waals surface area contributed by atoms with E-state index in [1.807, 2.05) is 22.9 Å². The first-order chi connectivity index (χ1) is 16.6. The van der Waals surface area contributed by atoms with E-state index in [4.69, 9.17) is 15.1 Å². The summed E-state index contributed by atoms with van der Waals surface area (Å²) in [6, 6.07) is 5.91. The van der Waals surface area contributed by atoms with E-state index >= 15 is 0 Å². The standard InChI is InChI=1S/C25H34N8O.ClH/c1-19-22(20(2)33(29-19)23-5-3-4-8-26-23)17-30-13-15-32(16-14-30)25-24(27-9-10-28-25)31-11-6-21(18-34)7-12-31;/h3-5,8-10,21,34H,6-7,11-18H2,1-2H3;1H. The van der Waals surface area contributed by atoms with Gasteiger partial charge < -0.3 is 14.9 Å². The highest BCUT2D eigenvalue weighted by Crippen LogP contribution is 2.29.